The number of benzene rings is 1. The SMILES string of the molecule is C=O.CC/C(C)=C/c1ccc(C)cc1. The molecule has 0 heterocycles. The van der Waals surface area contributed by atoms with Crippen molar-refractivity contribution in [3.05, 3.63) is 41.0 Å². The third kappa shape index (κ3) is 4.61. The molecule has 0 bridgehead atoms. The number of aryl methyl sites for hydroxylation is 1. The summed E-state index contributed by atoms with van der Waals surface area (Å²) in [6, 6.07) is 8.62. The molecule has 0 N–H and O–H groups in total. The van der Waals surface area contributed by atoms with Gasteiger partial charge in [-0.3, -0.25) is 0 Å². The van der Waals surface area contributed by atoms with E-state index < -0.39 is 0 Å². The first-order valence-electron chi connectivity index (χ1n) is 4.75. The van der Waals surface area contributed by atoms with Crippen molar-refractivity contribution in [2.24, 2.45) is 0 Å². The van der Waals surface area contributed by atoms with Crippen LogP contribution in [0.3, 0.4) is 0 Å². The summed E-state index contributed by atoms with van der Waals surface area (Å²) in [6.45, 7) is 8.46. The molecule has 0 aliphatic rings. The van der Waals surface area contributed by atoms with Crippen LogP contribution in [0.25, 0.3) is 6.08 Å². The highest BCUT2D eigenvalue weighted by molar-refractivity contribution is 5.52. The highest BCUT2D eigenvalue weighted by Gasteiger charge is 1.88. The van der Waals surface area contributed by atoms with E-state index >= 15 is 0 Å². The molecule has 76 valence electrons. The predicted molar refractivity (Wildman–Crippen MR) is 62.2 cm³/mol. The zero-order valence-electron chi connectivity index (χ0n) is 9.21. The molecule has 1 aromatic rings. The lowest BCUT2D eigenvalue weighted by molar-refractivity contribution is -0.0979. The largest absolute Gasteiger partial charge is 0.307 e. The average molecular weight is 190 g/mol. The van der Waals surface area contributed by atoms with Crippen LogP contribution in [-0.2, 0) is 4.79 Å². The quantitative estimate of drug-likeness (QED) is 0.696. The third-order valence-electron chi connectivity index (χ3n) is 2.05. The molecule has 0 unspecified atom stereocenters. The summed E-state index contributed by atoms with van der Waals surface area (Å²) < 4.78 is 0. The van der Waals surface area contributed by atoms with Crippen LogP contribution in [-0.4, -0.2) is 6.79 Å². The number of hydrogen-bond donors (Lipinski definition) is 0. The van der Waals surface area contributed by atoms with E-state index in [1.165, 1.54) is 16.7 Å². The Kier molecular flexibility index (Phi) is 6.38. The highest BCUT2D eigenvalue weighted by Crippen LogP contribution is 2.09. The molecule has 1 nitrogen and oxygen atoms in total. The van der Waals surface area contributed by atoms with E-state index in [0.29, 0.717) is 0 Å². The zero-order valence-corrected chi connectivity index (χ0v) is 9.21. The van der Waals surface area contributed by atoms with E-state index in [1.54, 1.807) is 0 Å². The molecule has 0 aliphatic heterocycles. The number of hydrogen-bond acceptors (Lipinski definition) is 1. The minimum absolute atomic E-state index is 1.13. The van der Waals surface area contributed by atoms with Gasteiger partial charge in [0.15, 0.2) is 0 Å². The minimum Gasteiger partial charge on any atom is -0.307 e. The van der Waals surface area contributed by atoms with Crippen LogP contribution in [0.4, 0.5) is 0 Å². The fourth-order valence-corrected chi connectivity index (χ4v) is 1.05. The molecule has 0 fully saturated rings. The fourth-order valence-electron chi connectivity index (χ4n) is 1.05. The molecule has 0 saturated heterocycles. The second kappa shape index (κ2) is 7.07. The van der Waals surface area contributed by atoms with Crippen LogP contribution in [0.1, 0.15) is 31.4 Å². The second-order valence-electron chi connectivity index (χ2n) is 3.25. The maximum atomic E-state index is 8.00. The Morgan fingerprint density at radius 1 is 1.29 bits per heavy atom. The Balaban J connectivity index is 0.000000791. The van der Waals surface area contributed by atoms with Crippen LogP contribution in [0, 0.1) is 6.92 Å². The molecule has 0 spiro atoms. The van der Waals surface area contributed by atoms with Crippen molar-refractivity contribution in [1.29, 1.82) is 0 Å². The summed E-state index contributed by atoms with van der Waals surface area (Å²) in [5.74, 6) is 0. The van der Waals surface area contributed by atoms with Crippen LogP contribution in [0.15, 0.2) is 29.8 Å². The van der Waals surface area contributed by atoms with Crippen molar-refractivity contribution in [3.63, 3.8) is 0 Å². The van der Waals surface area contributed by atoms with Gasteiger partial charge in [0.2, 0.25) is 0 Å². The predicted octanol–water partition coefficient (Wildman–Crippen LogP) is 3.62. The van der Waals surface area contributed by atoms with Gasteiger partial charge in [0.25, 0.3) is 0 Å². The molecule has 1 aromatic carbocycles. The standard InChI is InChI=1S/C12H16.CH2O/c1-4-10(2)9-12-7-5-11(3)6-8-12;1-2/h5-9H,4H2,1-3H3;1H2/b10-9+;. The lowest BCUT2D eigenvalue weighted by Gasteiger charge is -1.97. The first-order chi connectivity index (χ1) is 6.72. The summed E-state index contributed by atoms with van der Waals surface area (Å²) in [5, 5.41) is 0. The minimum atomic E-state index is 1.13. The first-order valence-corrected chi connectivity index (χ1v) is 4.75. The maximum absolute atomic E-state index is 8.00. The lowest BCUT2D eigenvalue weighted by atomic mass is 10.1. The van der Waals surface area contributed by atoms with E-state index in [1.807, 2.05) is 6.79 Å². The highest BCUT2D eigenvalue weighted by atomic mass is 16.1. The number of rotatable bonds is 2. The van der Waals surface area contributed by atoms with Crippen molar-refractivity contribution in [3.8, 4) is 0 Å². The Bertz CT molecular complexity index is 283. The van der Waals surface area contributed by atoms with E-state index in [-0.39, 0.29) is 0 Å². The van der Waals surface area contributed by atoms with Crippen LogP contribution in [0.5, 0.6) is 0 Å². The fraction of sp³-hybridized carbons (Fsp3) is 0.308. The van der Waals surface area contributed by atoms with E-state index in [2.05, 4.69) is 51.1 Å². The van der Waals surface area contributed by atoms with Gasteiger partial charge < -0.3 is 4.79 Å². The normalized spacial score (nSPS) is 10.4. The van der Waals surface area contributed by atoms with Crippen molar-refractivity contribution in [2.45, 2.75) is 27.2 Å². The van der Waals surface area contributed by atoms with Gasteiger partial charge in [-0.2, -0.15) is 0 Å². The van der Waals surface area contributed by atoms with Gasteiger partial charge in [-0.1, -0.05) is 48.4 Å². The van der Waals surface area contributed by atoms with Gasteiger partial charge in [-0.25, -0.2) is 0 Å². The van der Waals surface area contributed by atoms with Crippen molar-refractivity contribution >= 4 is 12.9 Å². The molecule has 0 saturated carbocycles. The van der Waals surface area contributed by atoms with Gasteiger partial charge >= 0.3 is 0 Å². The van der Waals surface area contributed by atoms with Crippen molar-refractivity contribution in [2.75, 3.05) is 0 Å². The Morgan fingerprint density at radius 3 is 2.21 bits per heavy atom. The summed E-state index contributed by atoms with van der Waals surface area (Å²) in [7, 11) is 0. The van der Waals surface area contributed by atoms with Gasteiger partial charge in [0, 0.05) is 0 Å². The van der Waals surface area contributed by atoms with Crippen LogP contribution < -0.4 is 0 Å². The topological polar surface area (TPSA) is 17.1 Å². The van der Waals surface area contributed by atoms with Gasteiger partial charge in [-0.15, -0.1) is 0 Å². The molecule has 0 radical (unpaired) electrons. The van der Waals surface area contributed by atoms with Crippen molar-refractivity contribution < 1.29 is 4.79 Å². The molecule has 0 aliphatic carbocycles. The van der Waals surface area contributed by atoms with Gasteiger partial charge in [0.1, 0.15) is 6.79 Å². The number of carbonyl (C=O) groups is 1. The Morgan fingerprint density at radius 2 is 1.79 bits per heavy atom. The number of carbonyl (C=O) groups excluding carboxylic acids is 1. The Labute approximate surface area is 86.5 Å². The maximum Gasteiger partial charge on any atom is 0.106 e. The average Bonchev–Trinajstić information content (AvgIpc) is 2.24. The first kappa shape index (κ1) is 12.6. The lowest BCUT2D eigenvalue weighted by Crippen LogP contribution is -1.76. The molecule has 0 atom stereocenters. The summed E-state index contributed by atoms with van der Waals surface area (Å²) in [5.41, 5.74) is 4.06. The summed E-state index contributed by atoms with van der Waals surface area (Å²) in [4.78, 5) is 8.00. The van der Waals surface area contributed by atoms with Gasteiger partial charge in [0.05, 0.1) is 0 Å². The third-order valence-corrected chi connectivity index (χ3v) is 2.05. The molecule has 0 aromatic heterocycles. The smallest absolute Gasteiger partial charge is 0.106 e. The molecular formula is C13H18O. The Hall–Kier alpha value is -1.37. The summed E-state index contributed by atoms with van der Waals surface area (Å²) in [6.07, 6.45) is 3.37. The van der Waals surface area contributed by atoms with E-state index in [4.69, 9.17) is 4.79 Å². The molecule has 1 rings (SSSR count). The molecule has 1 heteroatoms. The van der Waals surface area contributed by atoms with Gasteiger partial charge in [-0.05, 0) is 25.8 Å². The molecule has 0 amide bonds. The van der Waals surface area contributed by atoms with E-state index in [0.717, 1.165) is 6.42 Å². The molecular weight excluding hydrogens is 172 g/mol. The second-order valence-corrected chi connectivity index (χ2v) is 3.25. The molecule has 14 heavy (non-hydrogen) atoms. The van der Waals surface area contributed by atoms with Crippen molar-refractivity contribution in [1.82, 2.24) is 0 Å². The van der Waals surface area contributed by atoms with Crippen LogP contribution in [0.2, 0.25) is 0 Å². The zero-order chi connectivity index (χ0) is 11.0. The van der Waals surface area contributed by atoms with E-state index in [9.17, 15) is 0 Å². The summed E-state index contributed by atoms with van der Waals surface area (Å²) >= 11 is 0. The van der Waals surface area contributed by atoms with Crippen LogP contribution >= 0.6 is 0 Å². The number of allylic oxidation sites excluding steroid dienone is 1. The monoisotopic (exact) mass is 190 g/mol.